The van der Waals surface area contributed by atoms with Gasteiger partial charge in [0.05, 0.1) is 0 Å². The lowest BCUT2D eigenvalue weighted by Gasteiger charge is -2.35. The van der Waals surface area contributed by atoms with Gasteiger partial charge in [0.1, 0.15) is 18.2 Å². The SMILES string of the molecule is CC(C)(C)OC(=O)N1CC(=CC(=O)N2C(=O)OC[C@H]2c2ccccc2)C1. The number of likely N-dealkylation sites (tertiary alicyclic amines) is 1. The summed E-state index contributed by atoms with van der Waals surface area (Å²) in [7, 11) is 0. The third-order valence-electron chi connectivity index (χ3n) is 4.06. The van der Waals surface area contributed by atoms with E-state index in [9.17, 15) is 14.4 Å². The number of nitrogens with zero attached hydrogens (tertiary/aromatic N) is 2. The maximum atomic E-state index is 12.6. The van der Waals surface area contributed by atoms with E-state index in [4.69, 9.17) is 9.47 Å². The molecule has 1 aromatic rings. The van der Waals surface area contributed by atoms with Crippen molar-refractivity contribution < 1.29 is 23.9 Å². The molecule has 0 spiro atoms. The first-order valence-corrected chi connectivity index (χ1v) is 8.47. The maximum Gasteiger partial charge on any atom is 0.417 e. The molecule has 2 saturated heterocycles. The lowest BCUT2D eigenvalue weighted by Crippen LogP contribution is -2.47. The van der Waals surface area contributed by atoms with Gasteiger partial charge in [0.25, 0.3) is 5.91 Å². The van der Waals surface area contributed by atoms with Gasteiger partial charge in [0.2, 0.25) is 0 Å². The number of carbonyl (C=O) groups excluding carboxylic acids is 3. The monoisotopic (exact) mass is 358 g/mol. The number of hydrogen-bond donors (Lipinski definition) is 0. The Hall–Kier alpha value is -2.83. The molecule has 0 aliphatic carbocycles. The molecule has 2 heterocycles. The van der Waals surface area contributed by atoms with E-state index in [-0.39, 0.29) is 6.61 Å². The van der Waals surface area contributed by atoms with Crippen molar-refractivity contribution in [3.05, 3.63) is 47.5 Å². The Morgan fingerprint density at radius 1 is 1.19 bits per heavy atom. The van der Waals surface area contributed by atoms with Crippen LogP contribution >= 0.6 is 0 Å². The predicted octanol–water partition coefficient (Wildman–Crippen LogP) is 2.88. The molecule has 0 unspecified atom stereocenters. The average molecular weight is 358 g/mol. The van der Waals surface area contributed by atoms with Crippen LogP contribution in [-0.4, -0.2) is 53.2 Å². The van der Waals surface area contributed by atoms with Crippen molar-refractivity contribution in [1.82, 2.24) is 9.80 Å². The smallest absolute Gasteiger partial charge is 0.417 e. The molecular formula is C19H22N2O5. The first-order valence-electron chi connectivity index (χ1n) is 8.47. The van der Waals surface area contributed by atoms with Crippen LogP contribution in [-0.2, 0) is 14.3 Å². The molecule has 7 nitrogen and oxygen atoms in total. The van der Waals surface area contributed by atoms with Crippen molar-refractivity contribution in [3.63, 3.8) is 0 Å². The predicted molar refractivity (Wildman–Crippen MR) is 93.3 cm³/mol. The minimum absolute atomic E-state index is 0.141. The first-order chi connectivity index (χ1) is 12.2. The van der Waals surface area contributed by atoms with Gasteiger partial charge in [-0.15, -0.1) is 0 Å². The molecule has 7 heteroatoms. The number of benzene rings is 1. The highest BCUT2D eigenvalue weighted by molar-refractivity contribution is 6.00. The van der Waals surface area contributed by atoms with Crippen molar-refractivity contribution in [3.8, 4) is 0 Å². The van der Waals surface area contributed by atoms with Crippen LogP contribution in [0.3, 0.4) is 0 Å². The summed E-state index contributed by atoms with van der Waals surface area (Å²) in [6.45, 7) is 6.18. The van der Waals surface area contributed by atoms with Gasteiger partial charge in [-0.1, -0.05) is 30.3 Å². The molecule has 1 atom stereocenters. The van der Waals surface area contributed by atoms with E-state index < -0.39 is 29.7 Å². The number of amides is 3. The number of cyclic esters (lactones) is 1. The summed E-state index contributed by atoms with van der Waals surface area (Å²) >= 11 is 0. The summed E-state index contributed by atoms with van der Waals surface area (Å²) in [6.07, 6.45) is 0.345. The van der Waals surface area contributed by atoms with Gasteiger partial charge >= 0.3 is 12.2 Å². The summed E-state index contributed by atoms with van der Waals surface area (Å²) in [5, 5.41) is 0. The van der Waals surface area contributed by atoms with E-state index in [2.05, 4.69) is 0 Å². The van der Waals surface area contributed by atoms with Gasteiger partial charge in [-0.25, -0.2) is 14.5 Å². The van der Waals surface area contributed by atoms with Crippen LogP contribution < -0.4 is 0 Å². The fourth-order valence-electron chi connectivity index (χ4n) is 2.82. The second-order valence-electron chi connectivity index (χ2n) is 7.35. The molecular weight excluding hydrogens is 336 g/mol. The number of rotatable bonds is 2. The molecule has 0 saturated carbocycles. The van der Waals surface area contributed by atoms with Gasteiger partial charge < -0.3 is 14.4 Å². The Bertz CT molecular complexity index is 743. The van der Waals surface area contributed by atoms with Crippen molar-refractivity contribution in [2.45, 2.75) is 32.4 Å². The molecule has 2 fully saturated rings. The number of ether oxygens (including phenoxy) is 2. The lowest BCUT2D eigenvalue weighted by molar-refractivity contribution is -0.124. The van der Waals surface area contributed by atoms with Crippen LogP contribution in [0.4, 0.5) is 9.59 Å². The molecule has 0 aromatic heterocycles. The summed E-state index contributed by atoms with van der Waals surface area (Å²) < 4.78 is 10.3. The quantitative estimate of drug-likeness (QED) is 0.760. The Balaban J connectivity index is 1.64. The lowest BCUT2D eigenvalue weighted by atomic mass is 10.1. The minimum Gasteiger partial charge on any atom is -0.446 e. The van der Waals surface area contributed by atoms with Crippen molar-refractivity contribution in [2.75, 3.05) is 19.7 Å². The van der Waals surface area contributed by atoms with Crippen LogP contribution in [0, 0.1) is 0 Å². The van der Waals surface area contributed by atoms with Gasteiger partial charge in [0.15, 0.2) is 0 Å². The zero-order valence-electron chi connectivity index (χ0n) is 15.1. The fraction of sp³-hybridized carbons (Fsp3) is 0.421. The molecule has 0 radical (unpaired) electrons. The molecule has 0 N–H and O–H groups in total. The maximum absolute atomic E-state index is 12.6. The molecule has 2 aliphatic rings. The van der Waals surface area contributed by atoms with E-state index in [1.54, 1.807) is 20.8 Å². The van der Waals surface area contributed by atoms with E-state index in [0.717, 1.165) is 16.0 Å². The topological polar surface area (TPSA) is 76.2 Å². The largest absolute Gasteiger partial charge is 0.446 e. The van der Waals surface area contributed by atoms with Crippen LogP contribution in [0.5, 0.6) is 0 Å². The van der Waals surface area contributed by atoms with Crippen LogP contribution in [0.25, 0.3) is 0 Å². The Kier molecular flexibility index (Phi) is 4.71. The highest BCUT2D eigenvalue weighted by atomic mass is 16.6. The normalized spacial score (nSPS) is 19.7. The summed E-state index contributed by atoms with van der Waals surface area (Å²) in [6, 6.07) is 8.85. The zero-order chi connectivity index (χ0) is 18.9. The standard InChI is InChI=1S/C19H22N2O5/c1-19(2,3)26-17(23)20-10-13(11-20)9-16(22)21-15(12-25-18(21)24)14-7-5-4-6-8-14/h4-9,15H,10-12H2,1-3H3/t15-/m0/s1. The van der Waals surface area contributed by atoms with Crippen LogP contribution in [0.1, 0.15) is 32.4 Å². The third-order valence-corrected chi connectivity index (χ3v) is 4.06. The summed E-state index contributed by atoms with van der Waals surface area (Å²) in [5.41, 5.74) is 1.05. The minimum atomic E-state index is -0.649. The van der Waals surface area contributed by atoms with Crippen molar-refractivity contribution in [1.29, 1.82) is 0 Å². The first kappa shape index (κ1) is 18.0. The van der Waals surface area contributed by atoms with E-state index in [1.165, 1.54) is 11.0 Å². The van der Waals surface area contributed by atoms with Crippen molar-refractivity contribution >= 4 is 18.1 Å². The second kappa shape index (κ2) is 6.82. The summed E-state index contributed by atoms with van der Waals surface area (Å²) in [4.78, 5) is 39.1. The van der Waals surface area contributed by atoms with Gasteiger partial charge in [-0.3, -0.25) is 4.79 Å². The molecule has 1 aromatic carbocycles. The molecule has 3 rings (SSSR count). The molecule has 0 bridgehead atoms. The van der Waals surface area contributed by atoms with Gasteiger partial charge in [-0.05, 0) is 31.9 Å². The third kappa shape index (κ3) is 3.87. The van der Waals surface area contributed by atoms with E-state index in [0.29, 0.717) is 13.1 Å². The number of imide groups is 1. The molecule has 3 amide bonds. The molecule has 138 valence electrons. The van der Waals surface area contributed by atoms with E-state index in [1.807, 2.05) is 30.3 Å². The Morgan fingerprint density at radius 2 is 1.85 bits per heavy atom. The number of hydrogen-bond acceptors (Lipinski definition) is 5. The van der Waals surface area contributed by atoms with Crippen LogP contribution in [0.15, 0.2) is 42.0 Å². The second-order valence-corrected chi connectivity index (χ2v) is 7.35. The Morgan fingerprint density at radius 3 is 2.46 bits per heavy atom. The zero-order valence-corrected chi connectivity index (χ0v) is 15.1. The number of carbonyl (C=O) groups is 3. The molecule has 2 aliphatic heterocycles. The highest BCUT2D eigenvalue weighted by Gasteiger charge is 2.39. The molecule has 26 heavy (non-hydrogen) atoms. The van der Waals surface area contributed by atoms with Crippen LogP contribution in [0.2, 0.25) is 0 Å². The van der Waals surface area contributed by atoms with E-state index >= 15 is 0 Å². The Labute approximate surface area is 152 Å². The van der Waals surface area contributed by atoms with Gasteiger partial charge in [-0.2, -0.15) is 0 Å². The van der Waals surface area contributed by atoms with Crippen molar-refractivity contribution in [2.24, 2.45) is 0 Å². The highest BCUT2D eigenvalue weighted by Crippen LogP contribution is 2.28. The average Bonchev–Trinajstić information content (AvgIpc) is 2.91. The fourth-order valence-corrected chi connectivity index (χ4v) is 2.82. The van der Waals surface area contributed by atoms with Gasteiger partial charge in [0, 0.05) is 19.2 Å². The summed E-state index contributed by atoms with van der Waals surface area (Å²) in [5.74, 6) is -0.430.